The Balaban J connectivity index is 1.95. The number of methoxy groups -OCH3 is 2. The van der Waals surface area contributed by atoms with E-state index in [0.29, 0.717) is 410 Å². The molecule has 0 aliphatic carbocycles. The van der Waals surface area contributed by atoms with E-state index in [1.165, 1.54) is 9.80 Å². The molecule has 0 aromatic heterocycles. The van der Waals surface area contributed by atoms with Gasteiger partial charge in [0, 0.05) is 105 Å². The molecule has 0 saturated carbocycles. The number of ether oxygens (including phenoxy) is 34. The first kappa shape index (κ1) is 131. The van der Waals surface area contributed by atoms with E-state index in [-0.39, 0.29) is 154 Å². The van der Waals surface area contributed by atoms with E-state index in [2.05, 4.69) is 10.6 Å². The summed E-state index contributed by atoms with van der Waals surface area (Å²) in [7, 11) is 3.27. The Bertz CT molecular complexity index is 2400. The largest absolute Gasteiger partial charge is 0.480 e. The highest BCUT2D eigenvalue weighted by Crippen LogP contribution is 2.08. The zero-order chi connectivity index (χ0) is 99.2. The van der Waals surface area contributed by atoms with Crippen LogP contribution in [0.15, 0.2) is 0 Å². The fourth-order valence-corrected chi connectivity index (χ4v) is 11.2. The highest BCUT2D eigenvalue weighted by Gasteiger charge is 2.25. The third-order valence-corrected chi connectivity index (χ3v) is 18.5. The van der Waals surface area contributed by atoms with Crippen LogP contribution in [0.4, 0.5) is 0 Å². The Morgan fingerprint density at radius 2 is 0.304 bits per heavy atom. The molecule has 0 atom stereocenters. The summed E-state index contributed by atoms with van der Waals surface area (Å²) in [6.45, 7) is 30.0. The van der Waals surface area contributed by atoms with Gasteiger partial charge in [0.25, 0.3) is 0 Å². The van der Waals surface area contributed by atoms with Crippen LogP contribution in [0.2, 0.25) is 0 Å². The first-order valence-corrected chi connectivity index (χ1v) is 48.5. The summed E-state index contributed by atoms with van der Waals surface area (Å²) < 4.78 is 186. The Hall–Kier alpha value is -4.62. The van der Waals surface area contributed by atoms with Gasteiger partial charge in [-0.05, 0) is 0 Å². The summed E-state index contributed by atoms with van der Waals surface area (Å²) >= 11 is 0. The molecular formula is C90H174N6O42. The molecule has 0 aromatic rings. The Kier molecular flexibility index (Phi) is 106. The van der Waals surface area contributed by atoms with Crippen LogP contribution in [0.3, 0.4) is 0 Å². The number of carbonyl (C=O) groups excluding carboxylic acids is 4. The van der Waals surface area contributed by atoms with Crippen molar-refractivity contribution in [1.29, 1.82) is 0 Å². The molecule has 0 bridgehead atoms. The van der Waals surface area contributed by atoms with E-state index in [4.69, 9.17) is 161 Å². The van der Waals surface area contributed by atoms with E-state index in [0.717, 1.165) is 0 Å². The number of amides is 4. The average Bonchev–Trinajstić information content (AvgIpc) is 0.880. The van der Waals surface area contributed by atoms with Crippen molar-refractivity contribution in [2.75, 3.05) is 529 Å². The average molecular weight is 2010 g/mol. The minimum atomic E-state index is -1.11. The van der Waals surface area contributed by atoms with Crippen LogP contribution in [0.5, 0.6) is 0 Å². The van der Waals surface area contributed by atoms with Gasteiger partial charge in [-0.15, -0.1) is 0 Å². The molecule has 1 aliphatic heterocycles. The first-order chi connectivity index (χ1) is 68.0. The van der Waals surface area contributed by atoms with E-state index in [1.807, 2.05) is 0 Å². The second kappa shape index (κ2) is 111. The van der Waals surface area contributed by atoms with Gasteiger partial charge >= 0.3 is 11.9 Å². The van der Waals surface area contributed by atoms with Crippen molar-refractivity contribution in [2.45, 2.75) is 25.7 Å². The van der Waals surface area contributed by atoms with E-state index >= 15 is 0 Å². The maximum absolute atomic E-state index is 13.6. The summed E-state index contributed by atoms with van der Waals surface area (Å²) in [5.74, 6) is -3.68. The zero-order valence-corrected chi connectivity index (χ0v) is 83.0. The van der Waals surface area contributed by atoms with Gasteiger partial charge in [0.1, 0.15) is 0 Å². The molecule has 816 valence electrons. The summed E-state index contributed by atoms with van der Waals surface area (Å²) in [6.07, 6.45) is -0.517. The highest BCUT2D eigenvalue weighted by molar-refractivity contribution is 5.84. The minimum absolute atomic E-state index is 0.0879. The maximum Gasteiger partial charge on any atom is 0.317 e. The zero-order valence-electron chi connectivity index (χ0n) is 83.0. The fourth-order valence-electron chi connectivity index (χ4n) is 11.2. The molecule has 0 radical (unpaired) electrons. The Labute approximate surface area is 817 Å². The van der Waals surface area contributed by atoms with Crippen LogP contribution < -0.4 is 10.6 Å². The first-order valence-electron chi connectivity index (χ1n) is 48.5. The van der Waals surface area contributed by atoms with Crippen molar-refractivity contribution in [3.8, 4) is 0 Å². The third kappa shape index (κ3) is 103. The second-order valence-electron chi connectivity index (χ2n) is 29.4. The predicted molar refractivity (Wildman–Crippen MR) is 496 cm³/mol. The van der Waals surface area contributed by atoms with Crippen LogP contribution in [-0.2, 0) is 190 Å². The molecule has 1 aliphatic rings. The van der Waals surface area contributed by atoms with Crippen molar-refractivity contribution in [3.63, 3.8) is 0 Å². The van der Waals surface area contributed by atoms with Crippen LogP contribution in [0.25, 0.3) is 0 Å². The number of nitrogens with zero attached hydrogens (tertiary/aromatic N) is 4. The summed E-state index contributed by atoms with van der Waals surface area (Å²) in [5, 5.41) is 25.0. The van der Waals surface area contributed by atoms with Gasteiger partial charge in [-0.2, -0.15) is 0 Å². The van der Waals surface area contributed by atoms with Gasteiger partial charge in [-0.25, -0.2) is 0 Å². The monoisotopic (exact) mass is 2010 g/mol. The van der Waals surface area contributed by atoms with Gasteiger partial charge in [0.15, 0.2) is 0 Å². The number of rotatable bonds is 112. The Morgan fingerprint density at radius 3 is 0.428 bits per heavy atom. The van der Waals surface area contributed by atoms with Crippen molar-refractivity contribution in [1.82, 2.24) is 30.2 Å². The van der Waals surface area contributed by atoms with E-state index < -0.39 is 11.9 Å². The molecule has 1 rings (SSSR count). The minimum Gasteiger partial charge on any atom is -0.480 e. The third-order valence-electron chi connectivity index (χ3n) is 18.5. The number of carboxylic acid groups (broad SMARTS) is 2. The molecule has 0 spiro atoms. The van der Waals surface area contributed by atoms with Gasteiger partial charge in [-0.1, -0.05) is 0 Å². The second-order valence-corrected chi connectivity index (χ2v) is 29.4. The van der Waals surface area contributed by atoms with Crippen molar-refractivity contribution < 1.29 is 200 Å². The molecule has 1 heterocycles. The Morgan fingerprint density at radius 1 is 0.181 bits per heavy atom. The highest BCUT2D eigenvalue weighted by atomic mass is 16.6. The standard InChI is InChI=1S/C90H174N6O42/c1-105-19-21-109-27-29-113-35-37-117-43-45-121-51-53-125-59-61-129-67-69-133-75-77-137-81-79-135-73-71-131-65-63-127-57-55-123-49-47-119-41-39-115-33-31-111-25-23-107-17-7-91-85(97)3-5-87(99)95-13-9-93(83-89(101)102)11-15-96(16-12-94(10-14-95)84-90(103)104)88(100)6-4-86(98)92-8-18-108-24-26-112-32-34-116-40-42-120-48-50-124-56-58-128-64-66-132-72-74-136-80-82-138-78-76-134-70-68-130-62-60-126-54-52-122-46-44-118-38-36-114-30-28-110-22-20-106-2/h3-84H2,1-2H3,(H,91,97)(H,92,98)(H,101,102)(H,103,104). The fraction of sp³-hybridized carbons (Fsp3) is 0.933. The summed E-state index contributed by atoms with van der Waals surface area (Å²) in [4.78, 5) is 82.8. The van der Waals surface area contributed by atoms with Crippen LogP contribution in [0, 0.1) is 0 Å². The lowest BCUT2D eigenvalue weighted by Gasteiger charge is -2.33. The molecule has 138 heavy (non-hydrogen) atoms. The lowest BCUT2D eigenvalue weighted by molar-refractivity contribution is -0.139. The molecule has 1 fully saturated rings. The number of hydrogen-bond donors (Lipinski definition) is 4. The number of carbonyl (C=O) groups is 6. The molecule has 0 aromatic carbocycles. The summed E-state index contributed by atoms with van der Waals surface area (Å²) in [5.41, 5.74) is 0. The molecule has 48 nitrogen and oxygen atoms in total. The van der Waals surface area contributed by atoms with Gasteiger partial charge in [0.05, 0.1) is 449 Å². The molecule has 4 amide bonds. The normalized spacial score (nSPS) is 13.1. The van der Waals surface area contributed by atoms with Gasteiger partial charge in [-0.3, -0.25) is 38.6 Å². The molecule has 1 saturated heterocycles. The van der Waals surface area contributed by atoms with E-state index in [9.17, 15) is 39.0 Å². The lowest BCUT2D eigenvalue weighted by atomic mass is 10.2. The van der Waals surface area contributed by atoms with Crippen LogP contribution in [-0.4, -0.2) is 594 Å². The van der Waals surface area contributed by atoms with Crippen molar-refractivity contribution >= 4 is 35.6 Å². The number of hydrogen-bond acceptors (Lipinski definition) is 42. The number of nitrogens with one attached hydrogen (secondary N) is 2. The quantitative estimate of drug-likeness (QED) is 0.0481. The summed E-state index contributed by atoms with van der Waals surface area (Å²) in [6, 6.07) is 0. The van der Waals surface area contributed by atoms with Crippen LogP contribution >= 0.6 is 0 Å². The number of aliphatic carboxylic acids is 2. The van der Waals surface area contributed by atoms with Crippen molar-refractivity contribution in [3.05, 3.63) is 0 Å². The number of carboxylic acids is 2. The van der Waals surface area contributed by atoms with Crippen molar-refractivity contribution in [2.24, 2.45) is 0 Å². The van der Waals surface area contributed by atoms with E-state index in [1.54, 1.807) is 24.0 Å². The van der Waals surface area contributed by atoms with Gasteiger partial charge < -0.3 is 192 Å². The lowest BCUT2D eigenvalue weighted by Crippen LogP contribution is -2.50. The smallest absolute Gasteiger partial charge is 0.317 e. The molecule has 4 N–H and O–H groups in total. The molecular weight excluding hydrogens is 1840 g/mol. The van der Waals surface area contributed by atoms with Gasteiger partial charge in [0.2, 0.25) is 23.6 Å². The topological polar surface area (TPSA) is 494 Å². The van der Waals surface area contributed by atoms with Crippen LogP contribution in [0.1, 0.15) is 25.7 Å². The SMILES string of the molecule is COCCOCCOCCOCCOCCOCCOCCOCCOCCOCCOCCOCCOCCOCCOCCOCCOCCNC(=O)CCC(=O)N1CCN(CC(=O)O)CCN(C(=O)CCC(=O)NCCOCCOCCOCCOCCOCCOCCOCCOCCOCCOCCOCCOCCOCCOCCOCCOCCOC)CCN(CC(=O)O)CC1. The maximum atomic E-state index is 13.6. The molecule has 48 heteroatoms. The predicted octanol–water partition coefficient (Wildman–Crippen LogP) is -1.95. The molecule has 0 unspecified atom stereocenters.